The van der Waals surface area contributed by atoms with Crippen LogP contribution in [0.15, 0.2) is 40.0 Å². The second-order valence-corrected chi connectivity index (χ2v) is 5.74. The molecule has 2 N–H and O–H groups in total. The summed E-state index contributed by atoms with van der Waals surface area (Å²) in [5.74, 6) is 0.539. The van der Waals surface area contributed by atoms with E-state index in [0.717, 1.165) is 11.4 Å². The highest BCUT2D eigenvalue weighted by molar-refractivity contribution is 7.89. The van der Waals surface area contributed by atoms with Gasteiger partial charge < -0.3 is 9.73 Å². The molecule has 0 fully saturated rings. The summed E-state index contributed by atoms with van der Waals surface area (Å²) in [7, 11) is -2.18. The Balaban J connectivity index is 2.08. The van der Waals surface area contributed by atoms with Crippen molar-refractivity contribution in [2.45, 2.75) is 18.6 Å². The van der Waals surface area contributed by atoms with Crippen LogP contribution >= 0.6 is 0 Å². The highest BCUT2D eigenvalue weighted by Gasteiger charge is 2.16. The van der Waals surface area contributed by atoms with Crippen molar-refractivity contribution in [2.24, 2.45) is 0 Å². The van der Waals surface area contributed by atoms with Gasteiger partial charge in [0, 0.05) is 6.20 Å². The molecular formula is C12H15N3O3S. The number of pyridine rings is 1. The second-order valence-electron chi connectivity index (χ2n) is 3.92. The topological polar surface area (TPSA) is 84.2 Å². The van der Waals surface area contributed by atoms with Crippen LogP contribution in [-0.4, -0.2) is 20.4 Å². The van der Waals surface area contributed by atoms with Crippen LogP contribution in [0.3, 0.4) is 0 Å². The maximum absolute atomic E-state index is 11.5. The zero-order chi connectivity index (χ0) is 13.9. The van der Waals surface area contributed by atoms with E-state index in [1.54, 1.807) is 12.3 Å². The number of hydrogen-bond donors (Lipinski definition) is 2. The molecule has 0 aromatic carbocycles. The number of aryl methyl sites for hydroxylation is 1. The number of furan rings is 1. The molecule has 0 radical (unpaired) electrons. The fourth-order valence-electron chi connectivity index (χ4n) is 1.55. The van der Waals surface area contributed by atoms with E-state index in [1.165, 1.54) is 13.1 Å². The second kappa shape index (κ2) is 5.41. The minimum Gasteiger partial charge on any atom is -0.446 e. The van der Waals surface area contributed by atoms with Crippen LogP contribution in [0, 0.1) is 6.92 Å². The van der Waals surface area contributed by atoms with E-state index >= 15 is 0 Å². The molecule has 7 heteroatoms. The van der Waals surface area contributed by atoms with Crippen LogP contribution in [0.1, 0.15) is 11.5 Å². The Morgan fingerprint density at radius 3 is 2.79 bits per heavy atom. The highest BCUT2D eigenvalue weighted by atomic mass is 32.2. The van der Waals surface area contributed by atoms with Crippen molar-refractivity contribution in [1.82, 2.24) is 9.71 Å². The van der Waals surface area contributed by atoms with Gasteiger partial charge in [-0.3, -0.25) is 4.98 Å². The van der Waals surface area contributed by atoms with Gasteiger partial charge in [0.2, 0.25) is 5.09 Å². The molecule has 2 aromatic rings. The lowest BCUT2D eigenvalue weighted by molar-refractivity contribution is 0.417. The Morgan fingerprint density at radius 1 is 1.32 bits per heavy atom. The lowest BCUT2D eigenvalue weighted by Gasteiger charge is -2.06. The van der Waals surface area contributed by atoms with Crippen molar-refractivity contribution in [3.63, 3.8) is 0 Å². The van der Waals surface area contributed by atoms with Gasteiger partial charge in [-0.2, -0.15) is 0 Å². The van der Waals surface area contributed by atoms with Gasteiger partial charge in [0.1, 0.15) is 5.76 Å². The first kappa shape index (κ1) is 13.6. The molecule has 0 aliphatic carbocycles. The minimum atomic E-state index is -3.53. The number of anilines is 1. The molecule has 0 aliphatic heterocycles. The van der Waals surface area contributed by atoms with Gasteiger partial charge in [0.25, 0.3) is 10.0 Å². The number of nitrogens with zero attached hydrogens (tertiary/aromatic N) is 1. The molecule has 0 bridgehead atoms. The van der Waals surface area contributed by atoms with E-state index in [4.69, 9.17) is 4.42 Å². The molecular weight excluding hydrogens is 266 g/mol. The van der Waals surface area contributed by atoms with E-state index in [1.807, 2.05) is 19.1 Å². The molecule has 0 unspecified atom stereocenters. The van der Waals surface area contributed by atoms with Crippen LogP contribution in [0.2, 0.25) is 0 Å². The first-order valence-electron chi connectivity index (χ1n) is 5.70. The maximum Gasteiger partial charge on any atom is 0.273 e. The summed E-state index contributed by atoms with van der Waals surface area (Å²) in [6.45, 7) is 2.28. The molecule has 19 heavy (non-hydrogen) atoms. The fraction of sp³-hybridized carbons (Fsp3) is 0.250. The zero-order valence-corrected chi connectivity index (χ0v) is 11.5. The van der Waals surface area contributed by atoms with E-state index in [-0.39, 0.29) is 5.09 Å². The molecule has 102 valence electrons. The van der Waals surface area contributed by atoms with Crippen LogP contribution < -0.4 is 10.0 Å². The molecule has 0 saturated heterocycles. The molecule has 0 atom stereocenters. The van der Waals surface area contributed by atoms with Crippen LogP contribution in [-0.2, 0) is 16.6 Å². The molecule has 0 spiro atoms. The monoisotopic (exact) mass is 281 g/mol. The Bertz CT molecular complexity index is 664. The van der Waals surface area contributed by atoms with Gasteiger partial charge in [-0.05, 0) is 38.2 Å². The first-order valence-corrected chi connectivity index (χ1v) is 7.19. The van der Waals surface area contributed by atoms with Crippen LogP contribution in [0.4, 0.5) is 5.69 Å². The van der Waals surface area contributed by atoms with Crippen molar-refractivity contribution in [3.8, 4) is 0 Å². The number of aromatic nitrogens is 1. The quantitative estimate of drug-likeness (QED) is 0.867. The molecule has 2 heterocycles. The Morgan fingerprint density at radius 2 is 2.11 bits per heavy atom. The maximum atomic E-state index is 11.5. The third-order valence-corrected chi connectivity index (χ3v) is 3.92. The van der Waals surface area contributed by atoms with Gasteiger partial charge in [-0.25, -0.2) is 13.1 Å². The average molecular weight is 281 g/mol. The van der Waals surface area contributed by atoms with Crippen molar-refractivity contribution >= 4 is 15.7 Å². The summed E-state index contributed by atoms with van der Waals surface area (Å²) in [5.41, 5.74) is 1.76. The first-order chi connectivity index (χ1) is 9.03. The van der Waals surface area contributed by atoms with E-state index in [0.29, 0.717) is 12.3 Å². The number of nitrogens with one attached hydrogen (secondary N) is 2. The molecule has 0 amide bonds. The fourth-order valence-corrected chi connectivity index (χ4v) is 2.22. The summed E-state index contributed by atoms with van der Waals surface area (Å²) in [4.78, 5) is 4.15. The summed E-state index contributed by atoms with van der Waals surface area (Å²) in [6.07, 6.45) is 1.71. The van der Waals surface area contributed by atoms with Crippen LogP contribution in [0.5, 0.6) is 0 Å². The van der Waals surface area contributed by atoms with Crippen molar-refractivity contribution in [3.05, 3.63) is 41.9 Å². The number of sulfonamides is 1. The standard InChI is InChI=1S/C12H15N3O3S/c1-9-11(4-3-7-14-9)15-8-10-5-6-12(18-10)19(16,17)13-2/h3-7,13,15H,8H2,1-2H3. The molecule has 2 rings (SSSR count). The summed E-state index contributed by atoms with van der Waals surface area (Å²) < 4.78 is 30.5. The van der Waals surface area contributed by atoms with Gasteiger partial charge in [0.15, 0.2) is 0 Å². The van der Waals surface area contributed by atoms with E-state index in [2.05, 4.69) is 15.0 Å². The van der Waals surface area contributed by atoms with Gasteiger partial charge in [0.05, 0.1) is 17.9 Å². The predicted octanol–water partition coefficient (Wildman–Crippen LogP) is 1.50. The van der Waals surface area contributed by atoms with Gasteiger partial charge in [-0.15, -0.1) is 0 Å². The minimum absolute atomic E-state index is 0.0882. The smallest absolute Gasteiger partial charge is 0.273 e. The Labute approximate surface area is 111 Å². The number of hydrogen-bond acceptors (Lipinski definition) is 5. The SMILES string of the molecule is CNS(=O)(=O)c1ccc(CNc2cccnc2C)o1. The molecule has 6 nitrogen and oxygen atoms in total. The van der Waals surface area contributed by atoms with Gasteiger partial charge >= 0.3 is 0 Å². The normalized spacial score (nSPS) is 11.5. The zero-order valence-electron chi connectivity index (χ0n) is 10.7. The van der Waals surface area contributed by atoms with Gasteiger partial charge in [-0.1, -0.05) is 0 Å². The van der Waals surface area contributed by atoms with Crippen LogP contribution in [0.25, 0.3) is 0 Å². The van der Waals surface area contributed by atoms with Crippen molar-refractivity contribution < 1.29 is 12.8 Å². The largest absolute Gasteiger partial charge is 0.446 e. The Kier molecular flexibility index (Phi) is 3.87. The molecule has 0 aliphatic rings. The lowest BCUT2D eigenvalue weighted by atomic mass is 10.3. The molecule has 2 aromatic heterocycles. The summed E-state index contributed by atoms with van der Waals surface area (Å²) in [5, 5.41) is 3.05. The number of rotatable bonds is 5. The predicted molar refractivity (Wildman–Crippen MR) is 71.3 cm³/mol. The molecule has 0 saturated carbocycles. The third-order valence-electron chi connectivity index (χ3n) is 2.63. The third kappa shape index (κ3) is 3.12. The van der Waals surface area contributed by atoms with E-state index in [9.17, 15) is 8.42 Å². The van der Waals surface area contributed by atoms with Crippen molar-refractivity contribution in [1.29, 1.82) is 0 Å². The van der Waals surface area contributed by atoms with Crippen molar-refractivity contribution in [2.75, 3.05) is 12.4 Å². The lowest BCUT2D eigenvalue weighted by Crippen LogP contribution is -2.17. The summed E-state index contributed by atoms with van der Waals surface area (Å²) >= 11 is 0. The highest BCUT2D eigenvalue weighted by Crippen LogP contribution is 2.16. The average Bonchev–Trinajstić information content (AvgIpc) is 2.87. The van der Waals surface area contributed by atoms with E-state index < -0.39 is 10.0 Å². The summed E-state index contributed by atoms with van der Waals surface area (Å²) in [6, 6.07) is 6.78. The Hall–Kier alpha value is -1.86.